The van der Waals surface area contributed by atoms with E-state index in [9.17, 15) is 14.7 Å². The Morgan fingerprint density at radius 2 is 1.91 bits per heavy atom. The second-order valence-corrected chi connectivity index (χ2v) is 15.5. The van der Waals surface area contributed by atoms with E-state index in [-0.39, 0.29) is 41.3 Å². The van der Waals surface area contributed by atoms with Gasteiger partial charge in [-0.3, -0.25) is 14.6 Å². The number of fused-ring (bicyclic) bond motifs is 3. The lowest BCUT2D eigenvalue weighted by Crippen LogP contribution is -2.53. The van der Waals surface area contributed by atoms with E-state index in [4.69, 9.17) is 14.7 Å². The van der Waals surface area contributed by atoms with E-state index in [1.165, 1.54) is 11.3 Å². The zero-order chi connectivity index (χ0) is 32.7. The zero-order valence-electron chi connectivity index (χ0n) is 28.3. The number of ketones is 1. The lowest BCUT2D eigenvalue weighted by Gasteiger charge is -2.37. The fourth-order valence-electron chi connectivity index (χ4n) is 8.31. The Kier molecular flexibility index (Phi) is 9.35. The van der Waals surface area contributed by atoms with Crippen LogP contribution < -0.4 is 5.32 Å². The molecule has 5 heterocycles. The summed E-state index contributed by atoms with van der Waals surface area (Å²) in [5, 5.41) is 13.4. The van der Waals surface area contributed by atoms with Crippen LogP contribution in [0.4, 0.5) is 5.69 Å². The van der Waals surface area contributed by atoms with Gasteiger partial charge in [-0.1, -0.05) is 32.9 Å². The van der Waals surface area contributed by atoms with Gasteiger partial charge in [0, 0.05) is 56.8 Å². The van der Waals surface area contributed by atoms with Crippen LogP contribution in [0.1, 0.15) is 91.7 Å². The normalized spacial score (nSPS) is 25.6. The second-order valence-electron chi connectivity index (χ2n) is 15.5. The Morgan fingerprint density at radius 3 is 2.72 bits per heavy atom. The number of hydrogen-bond donors (Lipinski definition) is 2. The predicted molar refractivity (Wildman–Crippen MR) is 183 cm³/mol. The zero-order valence-corrected chi connectivity index (χ0v) is 28.3. The summed E-state index contributed by atoms with van der Waals surface area (Å²) in [5.41, 5.74) is 6.82. The summed E-state index contributed by atoms with van der Waals surface area (Å²) in [6.45, 7) is 12.2. The first-order valence-corrected chi connectivity index (χ1v) is 17.9. The topological polar surface area (TPSA) is 107 Å². The first-order valence-electron chi connectivity index (χ1n) is 17.9. The van der Waals surface area contributed by atoms with Crippen LogP contribution in [0, 0.1) is 11.3 Å². The molecule has 4 atom stereocenters. The van der Waals surface area contributed by atoms with E-state index in [2.05, 4.69) is 43.1 Å². The highest BCUT2D eigenvalue weighted by Crippen LogP contribution is 2.39. The van der Waals surface area contributed by atoms with Crippen molar-refractivity contribution >= 4 is 23.1 Å². The minimum absolute atomic E-state index is 0.0308. The van der Waals surface area contributed by atoms with E-state index in [1.54, 1.807) is 0 Å². The number of ether oxygens (including phenoxy) is 1. The molecule has 1 aromatic heterocycles. The molecule has 3 fully saturated rings. The lowest BCUT2D eigenvalue weighted by atomic mass is 9.71. The standard InChI is InChI=1S/C38H51N5O4/c1-38(2,3)28-7-8-30-27(18-28)19-31-32(40-30)21-33(41-31)35(45)20-25(9-12-42-13-10-29(44)11-14-42)24-5-4-6-26(17-24)37(46)43-15-16-47-36-23-39-22-34(36)43/h4-6,17,19,25,28-29,34,36,39,44H,7-16,18,20-23H2,1-3H3/t25-,28-,34+,36-/m0/s1. The van der Waals surface area contributed by atoms with Crippen LogP contribution in [0.3, 0.4) is 0 Å². The Labute approximate surface area is 279 Å². The van der Waals surface area contributed by atoms with Crippen LogP contribution in [0.5, 0.6) is 0 Å². The van der Waals surface area contributed by atoms with Gasteiger partial charge in [0.05, 0.1) is 41.9 Å². The molecule has 9 nitrogen and oxygen atoms in total. The smallest absolute Gasteiger partial charge is 0.254 e. The van der Waals surface area contributed by atoms with Crippen LogP contribution in [-0.2, 0) is 28.8 Å². The minimum atomic E-state index is -0.221. The van der Waals surface area contributed by atoms with E-state index in [0.29, 0.717) is 43.2 Å². The minimum Gasteiger partial charge on any atom is -0.393 e. The summed E-state index contributed by atoms with van der Waals surface area (Å²) in [4.78, 5) is 42.1. The molecule has 1 aromatic carbocycles. The van der Waals surface area contributed by atoms with Crippen molar-refractivity contribution in [1.82, 2.24) is 20.1 Å². The van der Waals surface area contributed by atoms with Gasteiger partial charge in [-0.15, -0.1) is 0 Å². The number of amides is 1. The van der Waals surface area contributed by atoms with Crippen molar-refractivity contribution in [2.24, 2.45) is 16.3 Å². The van der Waals surface area contributed by atoms with Crippen molar-refractivity contribution in [2.45, 2.75) is 96.3 Å². The number of aryl methyl sites for hydroxylation is 1. The van der Waals surface area contributed by atoms with Crippen molar-refractivity contribution in [1.29, 1.82) is 0 Å². The Morgan fingerprint density at radius 1 is 1.09 bits per heavy atom. The third-order valence-corrected chi connectivity index (χ3v) is 11.4. The SMILES string of the molecule is CC(C)(C)[C@H]1CCc2nc3c(cc2C1)N=C(C(=O)C[C@H](CCN1CCC(O)CC1)c1cccc(C(=O)N2CCO[C@H]4CNC[C@H]42)c1)C3. The summed E-state index contributed by atoms with van der Waals surface area (Å²) < 4.78 is 5.91. The summed E-state index contributed by atoms with van der Waals surface area (Å²) in [5.74, 6) is 0.668. The fraction of sp³-hybridized carbons (Fsp3) is 0.632. The first kappa shape index (κ1) is 32.6. The number of hydrogen-bond acceptors (Lipinski definition) is 8. The number of nitrogens with one attached hydrogen (secondary N) is 1. The number of carbonyl (C=O) groups excluding carboxylic acids is 2. The third kappa shape index (κ3) is 7.09. The molecule has 252 valence electrons. The van der Waals surface area contributed by atoms with Crippen LogP contribution in [-0.4, -0.2) is 101 Å². The average Bonchev–Trinajstić information content (AvgIpc) is 3.72. The number of aliphatic hydroxyl groups is 1. The number of rotatable bonds is 8. The number of nitrogens with zero attached hydrogens (tertiary/aromatic N) is 4. The van der Waals surface area contributed by atoms with Gasteiger partial charge >= 0.3 is 0 Å². The molecule has 5 aliphatic rings. The average molecular weight is 642 g/mol. The molecule has 3 saturated heterocycles. The van der Waals surface area contributed by atoms with E-state index in [1.807, 2.05) is 23.1 Å². The molecule has 0 spiro atoms. The van der Waals surface area contributed by atoms with Crippen LogP contribution in [0.15, 0.2) is 35.3 Å². The van der Waals surface area contributed by atoms with Gasteiger partial charge in [-0.25, -0.2) is 4.99 Å². The van der Waals surface area contributed by atoms with E-state index < -0.39 is 0 Å². The summed E-state index contributed by atoms with van der Waals surface area (Å²) >= 11 is 0. The highest BCUT2D eigenvalue weighted by molar-refractivity contribution is 6.41. The maximum Gasteiger partial charge on any atom is 0.254 e. The Bertz CT molecular complexity index is 1520. The largest absolute Gasteiger partial charge is 0.393 e. The molecule has 2 aromatic rings. The quantitative estimate of drug-likeness (QED) is 0.444. The number of aromatic nitrogens is 1. The predicted octanol–water partition coefficient (Wildman–Crippen LogP) is 4.26. The summed E-state index contributed by atoms with van der Waals surface area (Å²) in [7, 11) is 0. The molecule has 0 bridgehead atoms. The molecular formula is C38H51N5O4. The summed E-state index contributed by atoms with van der Waals surface area (Å²) in [6, 6.07) is 10.2. The van der Waals surface area contributed by atoms with Crippen molar-refractivity contribution < 1.29 is 19.4 Å². The number of carbonyl (C=O) groups is 2. The number of aliphatic hydroxyl groups excluding tert-OH is 1. The number of piperidine rings is 1. The first-order chi connectivity index (χ1) is 22.6. The Hall–Kier alpha value is -2.98. The van der Waals surface area contributed by atoms with Crippen molar-refractivity contribution in [3.8, 4) is 0 Å². The molecular weight excluding hydrogens is 590 g/mol. The monoisotopic (exact) mass is 641 g/mol. The number of pyridine rings is 1. The third-order valence-electron chi connectivity index (χ3n) is 11.4. The molecule has 1 amide bonds. The molecule has 9 heteroatoms. The fourth-order valence-corrected chi connectivity index (χ4v) is 8.31. The maximum absolute atomic E-state index is 14.0. The summed E-state index contributed by atoms with van der Waals surface area (Å²) in [6.07, 6.45) is 6.18. The molecule has 7 rings (SSSR count). The van der Waals surface area contributed by atoms with Crippen molar-refractivity contribution in [2.75, 3.05) is 45.9 Å². The number of morpholine rings is 1. The number of aliphatic imine (C=N–C) groups is 1. The van der Waals surface area contributed by atoms with E-state index in [0.717, 1.165) is 88.2 Å². The molecule has 47 heavy (non-hydrogen) atoms. The second kappa shape index (κ2) is 13.5. The highest BCUT2D eigenvalue weighted by atomic mass is 16.5. The van der Waals surface area contributed by atoms with Crippen molar-refractivity contribution in [3.05, 3.63) is 58.4 Å². The number of Topliss-reactive ketones (excluding diaryl/α,β-unsaturated/α-hetero) is 1. The number of benzene rings is 1. The van der Waals surface area contributed by atoms with E-state index >= 15 is 0 Å². The molecule has 1 aliphatic carbocycles. The van der Waals surface area contributed by atoms with Gasteiger partial charge in [0.25, 0.3) is 5.91 Å². The molecule has 0 saturated carbocycles. The van der Waals surface area contributed by atoms with Gasteiger partial charge < -0.3 is 25.0 Å². The van der Waals surface area contributed by atoms with Gasteiger partial charge in [-0.05, 0) is 91.6 Å². The van der Waals surface area contributed by atoms with Gasteiger partial charge in [0.1, 0.15) is 0 Å². The van der Waals surface area contributed by atoms with Gasteiger partial charge in [0.15, 0.2) is 5.78 Å². The highest BCUT2D eigenvalue weighted by Gasteiger charge is 2.39. The Balaban J connectivity index is 1.09. The van der Waals surface area contributed by atoms with Crippen LogP contribution >= 0.6 is 0 Å². The number of likely N-dealkylation sites (tertiary alicyclic amines) is 1. The molecule has 2 N–H and O–H groups in total. The molecule has 4 aliphatic heterocycles. The van der Waals surface area contributed by atoms with Gasteiger partial charge in [0.2, 0.25) is 0 Å². The lowest BCUT2D eigenvalue weighted by molar-refractivity contribution is -0.113. The van der Waals surface area contributed by atoms with Crippen molar-refractivity contribution in [3.63, 3.8) is 0 Å². The molecule has 0 radical (unpaired) electrons. The molecule has 0 unspecified atom stereocenters. The van der Waals surface area contributed by atoms with Crippen LogP contribution in [0.25, 0.3) is 0 Å². The van der Waals surface area contributed by atoms with Gasteiger partial charge in [-0.2, -0.15) is 0 Å². The van der Waals surface area contributed by atoms with Crippen LogP contribution in [0.2, 0.25) is 0 Å². The maximum atomic E-state index is 14.0.